The molecule has 1 aliphatic rings. The van der Waals surface area contributed by atoms with Crippen LogP contribution in [0.25, 0.3) is 16.7 Å². The minimum absolute atomic E-state index is 0.152. The van der Waals surface area contributed by atoms with Gasteiger partial charge in [-0.2, -0.15) is 5.10 Å². The number of pyridine rings is 1. The van der Waals surface area contributed by atoms with E-state index in [4.69, 9.17) is 4.74 Å². The van der Waals surface area contributed by atoms with Crippen molar-refractivity contribution in [3.8, 4) is 5.69 Å². The minimum Gasteiger partial charge on any atom is -0.377 e. The standard InChI is InChI=1S/C19H21FN4O2/c1-12-17-9-13(10-21-11-16-3-2-8-26-16)19(25)22-18(17)24(23-12)15-6-4-14(20)5-7-15/h4-7,9,16,21H,2-3,8,10-11H2,1H3,(H,22,25)/t16-/m0/s1. The monoisotopic (exact) mass is 356 g/mol. The van der Waals surface area contributed by atoms with Crippen molar-refractivity contribution >= 4 is 11.0 Å². The van der Waals surface area contributed by atoms with Crippen LogP contribution in [0.3, 0.4) is 0 Å². The predicted octanol–water partition coefficient (Wildman–Crippen LogP) is 2.43. The quantitative estimate of drug-likeness (QED) is 0.737. The van der Waals surface area contributed by atoms with Gasteiger partial charge >= 0.3 is 0 Å². The third-order valence-electron chi connectivity index (χ3n) is 4.73. The van der Waals surface area contributed by atoms with Gasteiger partial charge in [0.05, 0.1) is 17.5 Å². The van der Waals surface area contributed by atoms with E-state index in [2.05, 4.69) is 15.4 Å². The lowest BCUT2D eigenvalue weighted by molar-refractivity contribution is 0.110. The Morgan fingerprint density at radius 1 is 1.38 bits per heavy atom. The molecule has 0 bridgehead atoms. The molecule has 0 spiro atoms. The maximum absolute atomic E-state index is 13.2. The lowest BCUT2D eigenvalue weighted by Crippen LogP contribution is -2.28. The second-order valence-electron chi connectivity index (χ2n) is 6.63. The van der Waals surface area contributed by atoms with E-state index in [1.54, 1.807) is 16.8 Å². The van der Waals surface area contributed by atoms with E-state index in [1.807, 2.05) is 13.0 Å². The number of nitrogens with zero attached hydrogens (tertiary/aromatic N) is 2. The van der Waals surface area contributed by atoms with E-state index < -0.39 is 0 Å². The van der Waals surface area contributed by atoms with Crippen molar-refractivity contribution in [2.24, 2.45) is 0 Å². The summed E-state index contributed by atoms with van der Waals surface area (Å²) in [6.07, 6.45) is 2.40. The van der Waals surface area contributed by atoms with Gasteiger partial charge in [0.15, 0.2) is 0 Å². The Hall–Kier alpha value is -2.51. The topological polar surface area (TPSA) is 71.9 Å². The molecule has 6 nitrogen and oxygen atoms in total. The number of nitrogens with one attached hydrogen (secondary N) is 2. The van der Waals surface area contributed by atoms with Crippen molar-refractivity contribution in [3.63, 3.8) is 0 Å². The summed E-state index contributed by atoms with van der Waals surface area (Å²) in [5.74, 6) is -0.310. The van der Waals surface area contributed by atoms with Gasteiger partial charge in [0.25, 0.3) is 5.56 Å². The van der Waals surface area contributed by atoms with Gasteiger partial charge in [-0.3, -0.25) is 4.79 Å². The number of rotatable bonds is 5. The van der Waals surface area contributed by atoms with E-state index in [0.717, 1.165) is 37.1 Å². The van der Waals surface area contributed by atoms with Crippen LogP contribution in [0.5, 0.6) is 0 Å². The summed E-state index contributed by atoms with van der Waals surface area (Å²) in [6.45, 7) is 3.93. The summed E-state index contributed by atoms with van der Waals surface area (Å²) in [7, 11) is 0. The molecule has 7 heteroatoms. The summed E-state index contributed by atoms with van der Waals surface area (Å²) in [6, 6.07) is 7.89. The Kier molecular flexibility index (Phi) is 4.57. The molecule has 136 valence electrons. The van der Waals surface area contributed by atoms with Crippen LogP contribution < -0.4 is 10.9 Å². The molecule has 3 heterocycles. The molecule has 0 radical (unpaired) electrons. The second kappa shape index (κ2) is 7.01. The van der Waals surface area contributed by atoms with Crippen LogP contribution in [-0.4, -0.2) is 34.0 Å². The van der Waals surface area contributed by atoms with E-state index in [0.29, 0.717) is 23.4 Å². The van der Waals surface area contributed by atoms with Gasteiger partial charge in [0.2, 0.25) is 0 Å². The summed E-state index contributed by atoms with van der Waals surface area (Å²) in [5, 5.41) is 8.68. The van der Waals surface area contributed by atoms with Crippen molar-refractivity contribution in [2.75, 3.05) is 13.2 Å². The summed E-state index contributed by atoms with van der Waals surface area (Å²) < 4.78 is 20.4. The highest BCUT2D eigenvalue weighted by molar-refractivity contribution is 5.80. The Morgan fingerprint density at radius 2 is 2.19 bits per heavy atom. The van der Waals surface area contributed by atoms with E-state index in [1.165, 1.54) is 12.1 Å². The molecule has 4 rings (SSSR count). The van der Waals surface area contributed by atoms with Crippen molar-refractivity contribution in [1.29, 1.82) is 0 Å². The first-order chi connectivity index (χ1) is 12.6. The Labute approximate surface area is 150 Å². The average Bonchev–Trinajstić information content (AvgIpc) is 3.25. The van der Waals surface area contributed by atoms with Crippen molar-refractivity contribution < 1.29 is 9.13 Å². The largest absolute Gasteiger partial charge is 0.377 e. The predicted molar refractivity (Wildman–Crippen MR) is 97.1 cm³/mol. The van der Waals surface area contributed by atoms with Crippen molar-refractivity contribution in [2.45, 2.75) is 32.4 Å². The number of hydrogen-bond donors (Lipinski definition) is 2. The highest BCUT2D eigenvalue weighted by Crippen LogP contribution is 2.20. The molecule has 2 aromatic heterocycles. The molecular formula is C19H21FN4O2. The zero-order valence-electron chi connectivity index (χ0n) is 14.6. The summed E-state index contributed by atoms with van der Waals surface area (Å²) in [5.41, 5.74) is 2.63. The van der Waals surface area contributed by atoms with E-state index in [-0.39, 0.29) is 17.5 Å². The van der Waals surface area contributed by atoms with Gasteiger partial charge in [0.1, 0.15) is 11.5 Å². The fourth-order valence-corrected chi connectivity index (χ4v) is 3.33. The fraction of sp³-hybridized carbons (Fsp3) is 0.368. The smallest absolute Gasteiger partial charge is 0.254 e. The first kappa shape index (κ1) is 16.9. The SMILES string of the molecule is Cc1nn(-c2ccc(F)cc2)c2[nH]c(=O)c(CNC[C@@H]3CCCO3)cc12. The molecule has 26 heavy (non-hydrogen) atoms. The van der Waals surface area contributed by atoms with Gasteiger partial charge in [-0.05, 0) is 50.1 Å². The Morgan fingerprint density at radius 3 is 2.92 bits per heavy atom. The number of hydrogen-bond acceptors (Lipinski definition) is 4. The zero-order chi connectivity index (χ0) is 18.1. The molecular weight excluding hydrogens is 335 g/mol. The number of aromatic nitrogens is 3. The molecule has 0 amide bonds. The number of fused-ring (bicyclic) bond motifs is 1. The molecule has 1 atom stereocenters. The molecule has 0 saturated carbocycles. The normalized spacial score (nSPS) is 17.2. The number of ether oxygens (including phenoxy) is 1. The van der Waals surface area contributed by atoms with Crippen LogP contribution in [0.4, 0.5) is 4.39 Å². The van der Waals surface area contributed by atoms with Crippen LogP contribution in [0.1, 0.15) is 24.1 Å². The van der Waals surface area contributed by atoms with Crippen molar-refractivity contribution in [3.05, 3.63) is 57.8 Å². The third kappa shape index (κ3) is 3.27. The van der Waals surface area contributed by atoms with Crippen LogP contribution in [0.2, 0.25) is 0 Å². The van der Waals surface area contributed by atoms with Crippen molar-refractivity contribution in [1.82, 2.24) is 20.1 Å². The first-order valence-electron chi connectivity index (χ1n) is 8.81. The number of aryl methyl sites for hydroxylation is 1. The van der Waals surface area contributed by atoms with Crippen LogP contribution >= 0.6 is 0 Å². The molecule has 2 N–H and O–H groups in total. The van der Waals surface area contributed by atoms with Gasteiger partial charge in [-0.25, -0.2) is 9.07 Å². The Balaban J connectivity index is 1.61. The highest BCUT2D eigenvalue weighted by atomic mass is 19.1. The molecule has 0 aliphatic carbocycles. The Bertz CT molecular complexity index is 972. The van der Waals surface area contributed by atoms with E-state index in [9.17, 15) is 9.18 Å². The highest BCUT2D eigenvalue weighted by Gasteiger charge is 2.16. The molecule has 1 aromatic carbocycles. The van der Waals surface area contributed by atoms with Crippen LogP contribution in [0, 0.1) is 12.7 Å². The lowest BCUT2D eigenvalue weighted by atomic mass is 10.2. The van der Waals surface area contributed by atoms with Gasteiger partial charge in [-0.15, -0.1) is 0 Å². The molecule has 3 aromatic rings. The molecule has 1 fully saturated rings. The van der Waals surface area contributed by atoms with Gasteiger partial charge in [0, 0.05) is 30.6 Å². The number of halogens is 1. The van der Waals surface area contributed by atoms with E-state index >= 15 is 0 Å². The molecule has 1 saturated heterocycles. The van der Waals surface area contributed by atoms with Crippen LogP contribution in [-0.2, 0) is 11.3 Å². The molecule has 0 unspecified atom stereocenters. The van der Waals surface area contributed by atoms with Gasteiger partial charge in [-0.1, -0.05) is 0 Å². The lowest BCUT2D eigenvalue weighted by Gasteiger charge is -2.10. The molecule has 1 aliphatic heterocycles. The maximum Gasteiger partial charge on any atom is 0.254 e. The summed E-state index contributed by atoms with van der Waals surface area (Å²) in [4.78, 5) is 15.4. The average molecular weight is 356 g/mol. The zero-order valence-corrected chi connectivity index (χ0v) is 14.6. The maximum atomic E-state index is 13.2. The first-order valence-corrected chi connectivity index (χ1v) is 8.81. The number of H-pyrrole nitrogens is 1. The second-order valence-corrected chi connectivity index (χ2v) is 6.63. The number of aromatic amines is 1. The van der Waals surface area contributed by atoms with Gasteiger partial charge < -0.3 is 15.0 Å². The fourth-order valence-electron chi connectivity index (χ4n) is 3.33. The van der Waals surface area contributed by atoms with Crippen LogP contribution in [0.15, 0.2) is 35.1 Å². The third-order valence-corrected chi connectivity index (χ3v) is 4.73. The number of benzene rings is 1. The minimum atomic E-state index is -0.310. The summed E-state index contributed by atoms with van der Waals surface area (Å²) >= 11 is 0.